The van der Waals surface area contributed by atoms with E-state index in [2.05, 4.69) is 0 Å². The summed E-state index contributed by atoms with van der Waals surface area (Å²) in [6.07, 6.45) is 0.563. The van der Waals surface area contributed by atoms with Crippen LogP contribution in [0.2, 0.25) is 0 Å². The van der Waals surface area contributed by atoms with Crippen LogP contribution >= 0.6 is 35.5 Å². The molecule has 3 rings (SSSR count). The number of thioether (sulfide) groups is 1. The summed E-state index contributed by atoms with van der Waals surface area (Å²) in [5, 5.41) is 13.0. The second kappa shape index (κ2) is 5.77. The molecule has 2 aliphatic rings. The lowest BCUT2D eigenvalue weighted by Gasteiger charge is -2.50. The first-order valence-corrected chi connectivity index (χ1v) is 7.59. The van der Waals surface area contributed by atoms with Gasteiger partial charge >= 0.3 is 5.97 Å². The fourth-order valence-corrected chi connectivity index (χ4v) is 4.27. The largest absolute Gasteiger partial charge is 0.479 e. The Morgan fingerprint density at radius 2 is 2.25 bits per heavy atom. The molecule has 0 aliphatic carbocycles. The molecular formula is C12H13ClN2O3S2. The number of aliphatic carboxylic acids is 1. The van der Waals surface area contributed by atoms with E-state index in [1.807, 2.05) is 22.9 Å². The SMILES string of the molecule is Cl.N[C@@H]1C(=O)N2C(C(=O)O)C(Cc3cccs3)=CS[C@H]12. The normalized spacial score (nSPS) is 28.1. The van der Waals surface area contributed by atoms with E-state index in [0.29, 0.717) is 6.42 Å². The first kappa shape index (κ1) is 15.4. The van der Waals surface area contributed by atoms with Gasteiger partial charge in [-0.05, 0) is 22.4 Å². The van der Waals surface area contributed by atoms with Gasteiger partial charge in [0.15, 0.2) is 6.04 Å². The molecule has 1 aromatic rings. The molecule has 1 saturated heterocycles. The van der Waals surface area contributed by atoms with Gasteiger partial charge in [-0.15, -0.1) is 35.5 Å². The quantitative estimate of drug-likeness (QED) is 0.815. The molecule has 3 heterocycles. The fourth-order valence-electron chi connectivity index (χ4n) is 2.37. The van der Waals surface area contributed by atoms with E-state index in [9.17, 15) is 14.7 Å². The summed E-state index contributed by atoms with van der Waals surface area (Å²) >= 11 is 3.02. The van der Waals surface area contributed by atoms with Gasteiger partial charge in [-0.2, -0.15) is 0 Å². The molecule has 1 unspecified atom stereocenters. The monoisotopic (exact) mass is 332 g/mol. The molecule has 1 aromatic heterocycles. The van der Waals surface area contributed by atoms with Gasteiger partial charge < -0.3 is 15.7 Å². The standard InChI is InChI=1S/C12H12N2O3S2.ClH/c13-8-10(15)14-9(12(16)17)6(5-19-11(8)14)4-7-2-1-3-18-7;/h1-3,5,8-9,11H,4,13H2,(H,16,17);1H/t8-,9?,11-;/m1./s1. The van der Waals surface area contributed by atoms with Crippen molar-refractivity contribution >= 4 is 47.4 Å². The number of halogens is 1. The molecule has 0 spiro atoms. The number of β-lactam (4-membered cyclic amide) rings is 1. The van der Waals surface area contributed by atoms with Crippen molar-refractivity contribution in [3.8, 4) is 0 Å². The van der Waals surface area contributed by atoms with Crippen molar-refractivity contribution in [1.29, 1.82) is 0 Å². The number of rotatable bonds is 3. The van der Waals surface area contributed by atoms with E-state index >= 15 is 0 Å². The van der Waals surface area contributed by atoms with Crippen LogP contribution in [0.5, 0.6) is 0 Å². The van der Waals surface area contributed by atoms with E-state index in [0.717, 1.165) is 10.5 Å². The van der Waals surface area contributed by atoms with Crippen LogP contribution < -0.4 is 5.73 Å². The van der Waals surface area contributed by atoms with Gasteiger partial charge in [-0.1, -0.05) is 6.07 Å². The highest BCUT2D eigenvalue weighted by molar-refractivity contribution is 8.02. The maximum Gasteiger partial charge on any atom is 0.330 e. The zero-order chi connectivity index (χ0) is 13.6. The Balaban J connectivity index is 0.00000147. The van der Waals surface area contributed by atoms with E-state index in [1.54, 1.807) is 11.3 Å². The summed E-state index contributed by atoms with van der Waals surface area (Å²) in [6, 6.07) is 2.44. The van der Waals surface area contributed by atoms with Gasteiger partial charge in [-0.3, -0.25) is 4.79 Å². The number of thiophene rings is 1. The van der Waals surface area contributed by atoms with E-state index in [-0.39, 0.29) is 23.7 Å². The van der Waals surface area contributed by atoms with Gasteiger partial charge in [0.2, 0.25) is 5.91 Å². The molecule has 1 fully saturated rings. The van der Waals surface area contributed by atoms with Crippen LogP contribution in [0.15, 0.2) is 28.5 Å². The molecule has 0 bridgehead atoms. The van der Waals surface area contributed by atoms with Crippen molar-refractivity contribution in [3.63, 3.8) is 0 Å². The summed E-state index contributed by atoms with van der Waals surface area (Å²) in [4.78, 5) is 25.7. The van der Waals surface area contributed by atoms with Crippen LogP contribution in [0.3, 0.4) is 0 Å². The van der Waals surface area contributed by atoms with Crippen molar-refractivity contribution in [2.45, 2.75) is 23.9 Å². The zero-order valence-corrected chi connectivity index (χ0v) is 12.7. The molecule has 8 heteroatoms. The van der Waals surface area contributed by atoms with Crippen LogP contribution in [-0.4, -0.2) is 39.3 Å². The number of carboxylic acid groups (broad SMARTS) is 1. The number of hydrogen-bond acceptors (Lipinski definition) is 5. The van der Waals surface area contributed by atoms with Gasteiger partial charge in [0.25, 0.3) is 0 Å². The average Bonchev–Trinajstić information content (AvgIpc) is 2.89. The van der Waals surface area contributed by atoms with Gasteiger partial charge in [0.05, 0.1) is 0 Å². The summed E-state index contributed by atoms with van der Waals surface area (Å²) in [6.45, 7) is 0. The predicted molar refractivity (Wildman–Crippen MR) is 81.0 cm³/mol. The first-order valence-electron chi connectivity index (χ1n) is 5.77. The lowest BCUT2D eigenvalue weighted by molar-refractivity contribution is -0.157. The van der Waals surface area contributed by atoms with Crippen LogP contribution in [-0.2, 0) is 16.0 Å². The molecule has 0 radical (unpaired) electrons. The minimum atomic E-state index is -0.992. The van der Waals surface area contributed by atoms with Crippen molar-refractivity contribution in [2.24, 2.45) is 5.73 Å². The van der Waals surface area contributed by atoms with Gasteiger partial charge in [0, 0.05) is 11.3 Å². The minimum Gasteiger partial charge on any atom is -0.479 e. The predicted octanol–water partition coefficient (Wildman–Crippen LogP) is 1.29. The Kier molecular flexibility index (Phi) is 4.43. The smallest absolute Gasteiger partial charge is 0.330 e. The lowest BCUT2D eigenvalue weighted by atomic mass is 9.96. The van der Waals surface area contributed by atoms with Gasteiger partial charge in [0.1, 0.15) is 11.4 Å². The topological polar surface area (TPSA) is 83.6 Å². The molecule has 1 amide bonds. The number of fused-ring (bicyclic) bond motifs is 1. The first-order chi connectivity index (χ1) is 9.09. The maximum absolute atomic E-state index is 11.8. The highest BCUT2D eigenvalue weighted by atomic mass is 35.5. The molecule has 2 aliphatic heterocycles. The summed E-state index contributed by atoms with van der Waals surface area (Å²) < 4.78 is 0. The van der Waals surface area contributed by atoms with Crippen LogP contribution in [0, 0.1) is 0 Å². The number of nitrogens with two attached hydrogens (primary N) is 1. The van der Waals surface area contributed by atoms with Gasteiger partial charge in [-0.25, -0.2) is 4.79 Å². The highest BCUT2D eigenvalue weighted by Gasteiger charge is 2.53. The Morgan fingerprint density at radius 1 is 1.50 bits per heavy atom. The Bertz CT molecular complexity index is 561. The molecule has 3 atom stereocenters. The zero-order valence-electron chi connectivity index (χ0n) is 10.3. The number of carbonyl (C=O) groups is 2. The Morgan fingerprint density at radius 3 is 2.85 bits per heavy atom. The molecule has 20 heavy (non-hydrogen) atoms. The molecule has 3 N–H and O–H groups in total. The summed E-state index contributed by atoms with van der Waals surface area (Å²) in [7, 11) is 0. The third-order valence-electron chi connectivity index (χ3n) is 3.30. The summed E-state index contributed by atoms with van der Waals surface area (Å²) in [5.41, 5.74) is 6.44. The minimum absolute atomic E-state index is 0. The Labute approximate surface area is 130 Å². The third-order valence-corrected chi connectivity index (χ3v) is 5.42. The molecule has 5 nitrogen and oxygen atoms in total. The Hall–Kier alpha value is -1.02. The van der Waals surface area contributed by atoms with Crippen LogP contribution in [0.4, 0.5) is 0 Å². The fraction of sp³-hybridized carbons (Fsp3) is 0.333. The maximum atomic E-state index is 11.8. The van der Waals surface area contributed by atoms with Crippen molar-refractivity contribution in [2.75, 3.05) is 0 Å². The number of nitrogens with zero attached hydrogens (tertiary/aromatic N) is 1. The second-order valence-electron chi connectivity index (χ2n) is 4.49. The van der Waals surface area contributed by atoms with E-state index < -0.39 is 18.1 Å². The molecular weight excluding hydrogens is 320 g/mol. The second-order valence-corrected chi connectivity index (χ2v) is 6.51. The van der Waals surface area contributed by atoms with Crippen molar-refractivity contribution in [3.05, 3.63) is 33.4 Å². The average molecular weight is 333 g/mol. The van der Waals surface area contributed by atoms with Crippen LogP contribution in [0.1, 0.15) is 4.88 Å². The number of carboxylic acids is 1. The van der Waals surface area contributed by atoms with Crippen LogP contribution in [0.25, 0.3) is 0 Å². The third kappa shape index (κ3) is 2.35. The number of hydrogen-bond donors (Lipinski definition) is 2. The van der Waals surface area contributed by atoms with E-state index in [1.165, 1.54) is 16.7 Å². The highest BCUT2D eigenvalue weighted by Crippen LogP contribution is 2.40. The van der Waals surface area contributed by atoms with E-state index in [4.69, 9.17) is 5.73 Å². The molecule has 108 valence electrons. The lowest BCUT2D eigenvalue weighted by Crippen LogP contribution is -2.72. The molecule has 0 saturated carbocycles. The number of carbonyl (C=O) groups excluding carboxylic acids is 1. The number of amides is 1. The molecule has 0 aromatic carbocycles. The summed E-state index contributed by atoms with van der Waals surface area (Å²) in [5.74, 6) is -1.27. The van der Waals surface area contributed by atoms with Crippen molar-refractivity contribution in [1.82, 2.24) is 4.90 Å². The van der Waals surface area contributed by atoms with Crippen molar-refractivity contribution < 1.29 is 14.7 Å².